The first-order chi connectivity index (χ1) is 18.9. The predicted molar refractivity (Wildman–Crippen MR) is 157 cm³/mol. The summed E-state index contributed by atoms with van der Waals surface area (Å²) in [5.41, 5.74) is 6.94. The Morgan fingerprint density at radius 3 is 2.46 bits per heavy atom. The summed E-state index contributed by atoms with van der Waals surface area (Å²) in [6.07, 6.45) is 5.09. The van der Waals surface area contributed by atoms with Gasteiger partial charge in [-0.25, -0.2) is 9.78 Å². The molecule has 0 atom stereocenters. The molecule has 0 spiro atoms. The molecule has 1 aromatic heterocycles. The third kappa shape index (κ3) is 6.85. The number of hydrogen-bond acceptors (Lipinski definition) is 4. The van der Waals surface area contributed by atoms with Gasteiger partial charge >= 0.3 is 5.97 Å². The van der Waals surface area contributed by atoms with Crippen molar-refractivity contribution in [3.8, 4) is 11.1 Å². The molecule has 0 radical (unpaired) electrons. The second kappa shape index (κ2) is 13.1. The van der Waals surface area contributed by atoms with Gasteiger partial charge in [0.05, 0.1) is 23.1 Å². The SMILES string of the molecule is CCCCCNC(=O)CNc1cc(C)c2nc(CCC)n(Cc3ccc(-c4ccccc4C(=O)O)cc3)c2c1. The molecular formula is C32H38N4O3. The van der Waals surface area contributed by atoms with Gasteiger partial charge in [-0.1, -0.05) is 69.2 Å². The molecule has 0 bridgehead atoms. The van der Waals surface area contributed by atoms with E-state index in [1.54, 1.807) is 12.1 Å². The molecule has 7 nitrogen and oxygen atoms in total. The lowest BCUT2D eigenvalue weighted by Crippen LogP contribution is -2.30. The molecule has 0 saturated carbocycles. The van der Waals surface area contributed by atoms with Crippen LogP contribution in [0.1, 0.15) is 66.8 Å². The average molecular weight is 527 g/mol. The summed E-state index contributed by atoms with van der Waals surface area (Å²) in [7, 11) is 0. The molecular weight excluding hydrogens is 488 g/mol. The summed E-state index contributed by atoms with van der Waals surface area (Å²) in [4.78, 5) is 28.9. The number of carbonyl (C=O) groups is 2. The van der Waals surface area contributed by atoms with Crippen LogP contribution in [-0.2, 0) is 17.8 Å². The molecule has 7 heteroatoms. The van der Waals surface area contributed by atoms with Crippen LogP contribution < -0.4 is 10.6 Å². The first-order valence-electron chi connectivity index (χ1n) is 13.8. The fourth-order valence-electron chi connectivity index (χ4n) is 4.87. The minimum absolute atomic E-state index is 0.00593. The number of aromatic carboxylic acids is 1. The monoisotopic (exact) mass is 526 g/mol. The number of hydrogen-bond donors (Lipinski definition) is 3. The van der Waals surface area contributed by atoms with E-state index in [4.69, 9.17) is 4.98 Å². The van der Waals surface area contributed by atoms with Crippen LogP contribution in [0.4, 0.5) is 5.69 Å². The number of anilines is 1. The number of benzene rings is 3. The Hall–Kier alpha value is -4.13. The highest BCUT2D eigenvalue weighted by molar-refractivity contribution is 5.96. The third-order valence-corrected chi connectivity index (χ3v) is 6.92. The molecule has 204 valence electrons. The lowest BCUT2D eigenvalue weighted by atomic mass is 9.99. The molecule has 0 saturated heterocycles. The van der Waals surface area contributed by atoms with Crippen molar-refractivity contribution in [3.63, 3.8) is 0 Å². The number of nitrogens with one attached hydrogen (secondary N) is 2. The Morgan fingerprint density at radius 2 is 1.74 bits per heavy atom. The lowest BCUT2D eigenvalue weighted by Gasteiger charge is -2.13. The number of rotatable bonds is 13. The molecule has 0 aliphatic carbocycles. The van der Waals surface area contributed by atoms with E-state index in [0.29, 0.717) is 24.2 Å². The first-order valence-corrected chi connectivity index (χ1v) is 13.8. The van der Waals surface area contributed by atoms with Gasteiger partial charge in [0.1, 0.15) is 5.82 Å². The van der Waals surface area contributed by atoms with Gasteiger partial charge in [-0.3, -0.25) is 4.79 Å². The number of unbranched alkanes of at least 4 members (excludes halogenated alkanes) is 2. The van der Waals surface area contributed by atoms with Gasteiger partial charge in [0.25, 0.3) is 0 Å². The van der Waals surface area contributed by atoms with Crippen LogP contribution in [0.25, 0.3) is 22.2 Å². The number of aromatic nitrogens is 2. The summed E-state index contributed by atoms with van der Waals surface area (Å²) in [6, 6.07) is 19.3. The fourth-order valence-corrected chi connectivity index (χ4v) is 4.87. The van der Waals surface area contributed by atoms with Gasteiger partial charge in [0.2, 0.25) is 5.91 Å². The van der Waals surface area contributed by atoms with Gasteiger partial charge in [0, 0.05) is 25.2 Å². The zero-order valence-electron chi connectivity index (χ0n) is 23.1. The number of imidazole rings is 1. The highest BCUT2D eigenvalue weighted by Crippen LogP contribution is 2.28. The van der Waals surface area contributed by atoms with Crippen LogP contribution in [0.5, 0.6) is 0 Å². The van der Waals surface area contributed by atoms with E-state index < -0.39 is 5.97 Å². The molecule has 1 amide bonds. The second-order valence-corrected chi connectivity index (χ2v) is 9.98. The summed E-state index contributed by atoms with van der Waals surface area (Å²) < 4.78 is 2.25. The zero-order valence-corrected chi connectivity index (χ0v) is 23.1. The van der Waals surface area contributed by atoms with Gasteiger partial charge in [-0.05, 0) is 60.2 Å². The number of carbonyl (C=O) groups excluding carboxylic acids is 1. The summed E-state index contributed by atoms with van der Waals surface area (Å²) in [6.45, 7) is 7.94. The molecule has 0 aliphatic rings. The Kier molecular flexibility index (Phi) is 9.36. The minimum Gasteiger partial charge on any atom is -0.478 e. The van der Waals surface area contributed by atoms with Crippen molar-refractivity contribution in [1.82, 2.24) is 14.9 Å². The van der Waals surface area contributed by atoms with Crippen LogP contribution >= 0.6 is 0 Å². The summed E-state index contributed by atoms with van der Waals surface area (Å²) >= 11 is 0. The molecule has 0 aliphatic heterocycles. The largest absolute Gasteiger partial charge is 0.478 e. The number of nitrogens with zero attached hydrogens (tertiary/aromatic N) is 2. The van der Waals surface area contributed by atoms with Crippen LogP contribution in [0, 0.1) is 6.92 Å². The molecule has 4 rings (SSSR count). The third-order valence-electron chi connectivity index (χ3n) is 6.92. The van der Waals surface area contributed by atoms with Crippen LogP contribution in [0.2, 0.25) is 0 Å². The molecule has 1 heterocycles. The Bertz CT molecular complexity index is 1440. The van der Waals surface area contributed by atoms with Gasteiger partial charge < -0.3 is 20.3 Å². The highest BCUT2D eigenvalue weighted by atomic mass is 16.4. The number of aryl methyl sites for hydroxylation is 2. The van der Waals surface area contributed by atoms with E-state index in [1.165, 1.54) is 0 Å². The Labute approximate surface area is 230 Å². The van der Waals surface area contributed by atoms with Crippen molar-refractivity contribution < 1.29 is 14.7 Å². The zero-order chi connectivity index (χ0) is 27.8. The first kappa shape index (κ1) is 27.9. The van der Waals surface area contributed by atoms with E-state index in [9.17, 15) is 14.7 Å². The van der Waals surface area contributed by atoms with E-state index >= 15 is 0 Å². The Morgan fingerprint density at radius 1 is 0.974 bits per heavy atom. The summed E-state index contributed by atoms with van der Waals surface area (Å²) in [5, 5.41) is 15.8. The number of fused-ring (bicyclic) bond motifs is 1. The fraction of sp³-hybridized carbons (Fsp3) is 0.344. The van der Waals surface area contributed by atoms with Gasteiger partial charge in [-0.2, -0.15) is 0 Å². The topological polar surface area (TPSA) is 96.3 Å². The quantitative estimate of drug-likeness (QED) is 0.175. The van der Waals surface area contributed by atoms with Gasteiger partial charge in [-0.15, -0.1) is 0 Å². The van der Waals surface area contributed by atoms with E-state index in [-0.39, 0.29) is 12.5 Å². The second-order valence-electron chi connectivity index (χ2n) is 9.98. The predicted octanol–water partition coefficient (Wildman–Crippen LogP) is 6.43. The maximum absolute atomic E-state index is 12.3. The lowest BCUT2D eigenvalue weighted by molar-refractivity contribution is -0.119. The van der Waals surface area contributed by atoms with Crippen molar-refractivity contribution >= 4 is 28.6 Å². The maximum atomic E-state index is 12.3. The van der Waals surface area contributed by atoms with Crippen molar-refractivity contribution in [2.75, 3.05) is 18.4 Å². The average Bonchev–Trinajstić information content (AvgIpc) is 3.28. The molecule has 3 N–H and O–H groups in total. The maximum Gasteiger partial charge on any atom is 0.336 e. The van der Waals surface area contributed by atoms with Gasteiger partial charge in [0.15, 0.2) is 0 Å². The number of amides is 1. The van der Waals surface area contributed by atoms with Crippen LogP contribution in [-0.4, -0.2) is 39.6 Å². The van der Waals surface area contributed by atoms with Crippen LogP contribution in [0.3, 0.4) is 0 Å². The van der Waals surface area contributed by atoms with E-state index in [0.717, 1.165) is 71.3 Å². The molecule has 39 heavy (non-hydrogen) atoms. The molecule has 3 aromatic carbocycles. The van der Waals surface area contributed by atoms with E-state index in [2.05, 4.69) is 48.1 Å². The normalized spacial score (nSPS) is 11.1. The molecule has 0 fully saturated rings. The molecule has 0 unspecified atom stereocenters. The van der Waals surface area contributed by atoms with Crippen molar-refractivity contribution in [1.29, 1.82) is 0 Å². The molecule has 4 aromatic rings. The van der Waals surface area contributed by atoms with Crippen molar-refractivity contribution in [2.24, 2.45) is 0 Å². The minimum atomic E-state index is -0.933. The summed E-state index contributed by atoms with van der Waals surface area (Å²) in [5.74, 6) is 0.0906. The smallest absolute Gasteiger partial charge is 0.336 e. The Balaban J connectivity index is 1.57. The number of carboxylic acids is 1. The van der Waals surface area contributed by atoms with Crippen molar-refractivity contribution in [3.05, 3.63) is 83.2 Å². The number of carboxylic acid groups (broad SMARTS) is 1. The van der Waals surface area contributed by atoms with Crippen molar-refractivity contribution in [2.45, 2.75) is 59.4 Å². The van der Waals surface area contributed by atoms with E-state index in [1.807, 2.05) is 36.4 Å². The highest BCUT2D eigenvalue weighted by Gasteiger charge is 2.15. The van der Waals surface area contributed by atoms with Crippen LogP contribution in [0.15, 0.2) is 60.7 Å². The standard InChI is InChI=1S/C32H38N4O3/c1-4-6-9-17-33-30(37)20-34-25-18-22(3)31-28(19-25)36(29(35-31)10-5-2)21-23-13-15-24(16-14-23)26-11-7-8-12-27(26)32(38)39/h7-8,11-16,18-19,34H,4-6,9-10,17,20-21H2,1-3H3,(H,33,37)(H,38,39).